The number of hydrogen-bond acceptors (Lipinski definition) is 35. The van der Waals surface area contributed by atoms with Crippen molar-refractivity contribution in [3.8, 4) is 74.1 Å². The van der Waals surface area contributed by atoms with E-state index in [1.807, 2.05) is 6.07 Å². The maximum absolute atomic E-state index is 5.83. The fourth-order valence-electron chi connectivity index (χ4n) is 6.22. The zero-order valence-corrected chi connectivity index (χ0v) is 79.3. The molecule has 0 radical (unpaired) electrons. The van der Waals surface area contributed by atoms with Crippen LogP contribution < -0.4 is 91.5 Å². The largest absolute Gasteiger partial charge is 0.370 e. The molecule has 7 rings (SSSR count). The number of hydroxylamine groups is 4. The number of nitrogens with two attached hydrogens (primary N) is 3. The topological polar surface area (TPSA) is 446 Å². The highest BCUT2D eigenvalue weighted by atomic mass is 35.5. The van der Waals surface area contributed by atoms with Gasteiger partial charge in [0.05, 0.1) is 67.7 Å². The highest BCUT2D eigenvalue weighted by Crippen LogP contribution is 2.21. The van der Waals surface area contributed by atoms with Gasteiger partial charge in [-0.3, -0.25) is 9.68 Å². The molecule has 7 aromatic rings. The lowest BCUT2D eigenvalue weighted by atomic mass is 10.4. The summed E-state index contributed by atoms with van der Waals surface area (Å²) in [5.74, 6) is 21.5. The molecule has 0 aliphatic carbocycles. The fraction of sp³-hybridized carbons (Fsp3) is 0.467. The van der Waals surface area contributed by atoms with E-state index in [0.717, 1.165) is 96.6 Å². The van der Waals surface area contributed by atoms with E-state index in [4.69, 9.17) is 157 Å². The van der Waals surface area contributed by atoms with E-state index in [1.54, 1.807) is 91.0 Å². The van der Waals surface area contributed by atoms with E-state index in [9.17, 15) is 0 Å². The van der Waals surface area contributed by atoms with E-state index in [2.05, 4.69) is 240 Å². The van der Waals surface area contributed by atoms with Gasteiger partial charge in [0, 0.05) is 110 Å². The lowest BCUT2D eigenvalue weighted by Gasteiger charge is -2.16. The molecule has 0 aromatic carbocycles. The van der Waals surface area contributed by atoms with Gasteiger partial charge in [-0.2, -0.15) is 29.9 Å². The maximum atomic E-state index is 5.83. The van der Waals surface area contributed by atoms with Crippen molar-refractivity contribution in [3.63, 3.8) is 0 Å². The average molecular weight is 1910 g/mol. The summed E-state index contributed by atoms with van der Waals surface area (Å²) in [6, 6.07) is 11.5. The van der Waals surface area contributed by atoms with Crippen LogP contribution in [0.4, 0.5) is 70.5 Å². The number of terminal acetylenes is 6. The van der Waals surface area contributed by atoms with Crippen molar-refractivity contribution in [3.05, 3.63) is 89.1 Å². The molecule has 0 aliphatic rings. The lowest BCUT2D eigenvalue weighted by molar-refractivity contribution is 0.112. The van der Waals surface area contributed by atoms with Gasteiger partial charge in [-0.05, 0) is 74.7 Å². The molecule has 0 bridgehead atoms. The normalized spacial score (nSPS) is 8.97. The Labute approximate surface area is 773 Å². The van der Waals surface area contributed by atoms with Crippen molar-refractivity contribution in [2.75, 3.05) is 205 Å². The van der Waals surface area contributed by atoms with Crippen molar-refractivity contribution in [2.24, 2.45) is 17.2 Å². The second-order valence-corrected chi connectivity index (χ2v) is 24.6. The second-order valence-electron chi connectivity index (χ2n) is 21.2. The Hall–Kier alpha value is -8.65. The van der Waals surface area contributed by atoms with Gasteiger partial charge in [0.2, 0.25) is 40.3 Å². The molecule has 0 amide bonds. The van der Waals surface area contributed by atoms with E-state index >= 15 is 0 Å². The molecule has 0 saturated carbocycles. The first-order valence-electron chi connectivity index (χ1n) is 36.3. The van der Waals surface area contributed by atoms with Crippen LogP contribution in [-0.2, 0) is 19.4 Å². The molecule has 0 aliphatic heterocycles. The Morgan fingerprint density at radius 1 is 0.314 bits per heavy atom. The molecule has 46 heteroatoms. The van der Waals surface area contributed by atoms with Gasteiger partial charge in [-0.1, -0.05) is 165 Å². The molecule has 0 fully saturated rings. The molecular formula is C75H118Cl11N31O4. The van der Waals surface area contributed by atoms with Gasteiger partial charge in [0.25, 0.3) is 0 Å². The van der Waals surface area contributed by atoms with Gasteiger partial charge in [-0.15, -0.1) is 63.4 Å². The minimum absolute atomic E-state index is 0. The smallest absolute Gasteiger partial charge is 0.227 e. The summed E-state index contributed by atoms with van der Waals surface area (Å²) >= 11 is 50.4. The minimum atomic E-state index is 0. The third-order valence-corrected chi connectivity index (χ3v) is 13.3. The minimum Gasteiger partial charge on any atom is -0.370 e. The summed E-state index contributed by atoms with van der Waals surface area (Å²) in [7, 11) is 13.3. The van der Waals surface area contributed by atoms with Crippen LogP contribution in [0.1, 0.15) is 93.4 Å². The molecule has 674 valence electrons. The van der Waals surface area contributed by atoms with Crippen molar-refractivity contribution >= 4 is 200 Å². The summed E-state index contributed by atoms with van der Waals surface area (Å²) < 4.78 is 0. The lowest BCUT2D eigenvalue weighted by Crippen LogP contribution is -2.18. The zero-order valence-electron chi connectivity index (χ0n) is 70.9. The van der Waals surface area contributed by atoms with Gasteiger partial charge in [0.15, 0.2) is 11.6 Å². The Bertz CT molecular complexity index is 3670. The summed E-state index contributed by atoms with van der Waals surface area (Å²) in [6.07, 6.45) is 37.1. The van der Waals surface area contributed by atoms with Crippen molar-refractivity contribution in [1.82, 2.24) is 80.7 Å². The molecule has 7 heterocycles. The van der Waals surface area contributed by atoms with Crippen LogP contribution >= 0.6 is 129 Å². The first-order valence-corrected chi connectivity index (χ1v) is 39.7. The van der Waals surface area contributed by atoms with Crippen LogP contribution in [-0.4, -0.2) is 211 Å². The summed E-state index contributed by atoms with van der Waals surface area (Å²) in [5.41, 5.74) is 19.5. The standard InChI is InChI=1S/2C12H19N5O.2C10H13ClN4.2C7H9Cl2N3.C4HCl3N2.C3H9N.2C3H5N.2C2H7NO.2ClH/c2*1-5-7-13-10-9-11(17(3)18-4)16-12(15-10)14-8-6-2;2*1-3-5-12-9-7-8(11)14-10(15-9)13-6-4-2;1-2-3-10-6-4-5(8)11-7(9)12-6;1-2-3-10-7-11-5(8)4-6(9)12-7;5-2-1-3(6)9-4(7)8-2;3*1-2-3-4;2*1-3-4-2;;/h2,9H,5,7-8H2,1,3-4H3,(H2,13,14,15,16);1,9H,6-8H2,2-4H3,(H2,13,14,15,16);2,7H,3,5-6H2,1H3,(H2,12,13,14,15);1,7H,4-6H2,2H3,(H2,12,13,14,15);2*4H,2-3H2,1H3,(H,10,11,12);1H;2-4H2,1H3;2*1H,3-4H2;2*3H,1-2H3;2*1H. The van der Waals surface area contributed by atoms with E-state index in [-0.39, 0.29) is 45.7 Å². The molecule has 0 unspecified atom stereocenters. The number of rotatable bonds is 33. The van der Waals surface area contributed by atoms with Crippen LogP contribution in [0.15, 0.2) is 42.5 Å². The first-order chi connectivity index (χ1) is 57.1. The predicted octanol–water partition coefficient (Wildman–Crippen LogP) is 14.2. The molecular weight excluding hydrogens is 1790 g/mol. The maximum Gasteiger partial charge on any atom is 0.227 e. The molecule has 18 N–H and O–H groups in total. The highest BCUT2D eigenvalue weighted by Gasteiger charge is 2.11. The van der Waals surface area contributed by atoms with Gasteiger partial charge in [0.1, 0.15) is 65.2 Å². The fourth-order valence-corrected chi connectivity index (χ4v) is 8.11. The third kappa shape index (κ3) is 76.0. The van der Waals surface area contributed by atoms with E-state index in [0.29, 0.717) is 130 Å². The molecule has 0 spiro atoms. The van der Waals surface area contributed by atoms with Crippen molar-refractivity contribution < 1.29 is 19.4 Å². The van der Waals surface area contributed by atoms with Crippen LogP contribution in [0.25, 0.3) is 0 Å². The zero-order chi connectivity index (χ0) is 90.8. The van der Waals surface area contributed by atoms with Gasteiger partial charge >= 0.3 is 0 Å². The quantitative estimate of drug-likeness (QED) is 0.00786. The van der Waals surface area contributed by atoms with Crippen molar-refractivity contribution in [2.45, 2.75) is 93.4 Å². The van der Waals surface area contributed by atoms with Gasteiger partial charge < -0.3 is 80.0 Å². The predicted molar refractivity (Wildman–Crippen MR) is 514 cm³/mol. The molecule has 35 nitrogen and oxygen atoms in total. The summed E-state index contributed by atoms with van der Waals surface area (Å²) in [5, 5.41) is 36.0. The number of nitrogens with zero attached hydrogens (tertiary/aromatic N) is 16. The molecule has 7 aromatic heterocycles. The van der Waals surface area contributed by atoms with Crippen LogP contribution in [0.2, 0.25) is 46.6 Å². The number of halogens is 11. The average Bonchev–Trinajstić information content (AvgIpc) is 0.857. The first kappa shape index (κ1) is 126. The Morgan fingerprint density at radius 2 is 0.529 bits per heavy atom. The second kappa shape index (κ2) is 89.1. The highest BCUT2D eigenvalue weighted by molar-refractivity contribution is 6.35. The summed E-state index contributed by atoms with van der Waals surface area (Å²) in [4.78, 5) is 75.1. The van der Waals surface area contributed by atoms with E-state index < -0.39 is 0 Å². The Balaban J connectivity index is -0.000000242. The van der Waals surface area contributed by atoms with Gasteiger partial charge in [-0.25, -0.2) is 61.0 Å². The van der Waals surface area contributed by atoms with Crippen LogP contribution in [0.5, 0.6) is 0 Å². The number of anilines is 12. The molecule has 0 atom stereocenters. The monoisotopic (exact) mass is 1900 g/mol. The summed E-state index contributed by atoms with van der Waals surface area (Å²) in [6.45, 7) is 22.6. The molecule has 121 heavy (non-hydrogen) atoms. The van der Waals surface area contributed by atoms with Crippen molar-refractivity contribution in [1.29, 1.82) is 0 Å². The SMILES string of the molecule is C#CCN.C#CCN.C#CCNc1cc(Cl)nc(NCCC)n1.C#CCNc1cc(N(C)OC)nc(NCCC)n1.C#CCNc1nc(Cl)cc(NCCC)n1.C#CCNc1nc(NCCC)cc(N(C)OC)n1.CCCN.CCCNc1cc(Cl)nc(Cl)n1.CCCNc1nc(Cl)cc(Cl)n1.CNOC.CNOC.Cl.Cl.Clc1cc(Cl)nc(Cl)n1. The van der Waals surface area contributed by atoms with E-state index in [1.165, 1.54) is 12.1 Å². The number of aromatic nitrogens is 14. The molecule has 0 saturated heterocycles. The Kier molecular flexibility index (Phi) is 92.4. The number of hydrogen-bond donors (Lipinski definition) is 15. The van der Waals surface area contributed by atoms with Crippen LogP contribution in [0, 0.1) is 74.1 Å². The van der Waals surface area contributed by atoms with Crippen LogP contribution in [0.3, 0.4) is 0 Å². The number of nitrogens with one attached hydrogen (secondary N) is 12. The third-order valence-electron chi connectivity index (χ3n) is 11.6. The Morgan fingerprint density at radius 3 is 0.793 bits per heavy atom.